The van der Waals surface area contributed by atoms with Crippen LogP contribution < -0.4 is 0 Å². The van der Waals surface area contributed by atoms with E-state index in [-0.39, 0.29) is 18.1 Å². The molecule has 0 bridgehead atoms. The van der Waals surface area contributed by atoms with Gasteiger partial charge in [-0.25, -0.2) is 0 Å². The molecule has 3 aromatic rings. The number of carbonyl (C=O) groups excluding carboxylic acids is 2. The highest BCUT2D eigenvalue weighted by Gasteiger charge is 2.33. The molecule has 0 saturated heterocycles. The molecule has 1 aliphatic heterocycles. The molecule has 0 aliphatic carbocycles. The van der Waals surface area contributed by atoms with Gasteiger partial charge >= 0.3 is 0 Å². The number of aryl methyl sites for hydroxylation is 1. The molecule has 0 N–H and O–H groups in total. The van der Waals surface area contributed by atoms with E-state index in [0.29, 0.717) is 21.9 Å². The smallest absolute Gasteiger partial charge is 0.261 e. The lowest BCUT2D eigenvalue weighted by Gasteiger charge is -2.27. The molecule has 0 atom stereocenters. The molecular formula is C20H14N2O3. The Hall–Kier alpha value is -3.34. The zero-order valence-electron chi connectivity index (χ0n) is 13.5. The minimum absolute atomic E-state index is 0.178. The third-order valence-electron chi connectivity index (χ3n) is 4.48. The van der Waals surface area contributed by atoms with Crippen molar-refractivity contribution in [3.8, 4) is 0 Å². The SMILES string of the molecule is Cc1ccc(CN2C(=O)c3cccc4cc(N=O)cc(c34)C2=O)cc1. The van der Waals surface area contributed by atoms with Crippen LogP contribution in [-0.4, -0.2) is 16.7 Å². The predicted molar refractivity (Wildman–Crippen MR) is 94.8 cm³/mol. The Bertz CT molecular complexity index is 1040. The summed E-state index contributed by atoms with van der Waals surface area (Å²) >= 11 is 0. The Morgan fingerprint density at radius 3 is 2.36 bits per heavy atom. The maximum Gasteiger partial charge on any atom is 0.261 e. The van der Waals surface area contributed by atoms with Gasteiger partial charge < -0.3 is 0 Å². The zero-order chi connectivity index (χ0) is 17.6. The number of benzene rings is 3. The number of hydrogen-bond donors (Lipinski definition) is 0. The molecule has 0 fully saturated rings. The van der Waals surface area contributed by atoms with E-state index in [1.54, 1.807) is 24.3 Å². The lowest BCUT2D eigenvalue weighted by Crippen LogP contribution is -2.39. The van der Waals surface area contributed by atoms with Crippen LogP contribution in [0, 0.1) is 11.8 Å². The molecule has 0 unspecified atom stereocenters. The molecule has 0 radical (unpaired) electrons. The minimum Gasteiger partial charge on any atom is -0.270 e. The quantitative estimate of drug-likeness (QED) is 0.530. The number of carbonyl (C=O) groups is 2. The Morgan fingerprint density at radius 2 is 1.64 bits per heavy atom. The highest BCUT2D eigenvalue weighted by molar-refractivity contribution is 6.25. The van der Waals surface area contributed by atoms with E-state index < -0.39 is 5.91 Å². The molecule has 0 spiro atoms. The fourth-order valence-electron chi connectivity index (χ4n) is 3.21. The summed E-state index contributed by atoms with van der Waals surface area (Å²) < 4.78 is 0. The number of amides is 2. The lowest BCUT2D eigenvalue weighted by molar-refractivity contribution is 0.0598. The molecular weight excluding hydrogens is 316 g/mol. The summed E-state index contributed by atoms with van der Waals surface area (Å²) in [6.07, 6.45) is 0. The predicted octanol–water partition coefficient (Wildman–Crippen LogP) is 4.34. The van der Waals surface area contributed by atoms with E-state index in [0.717, 1.165) is 11.1 Å². The number of nitrogens with zero attached hydrogens (tertiary/aromatic N) is 2. The second-order valence-electron chi connectivity index (χ2n) is 6.17. The van der Waals surface area contributed by atoms with E-state index in [1.165, 1.54) is 11.0 Å². The van der Waals surface area contributed by atoms with Crippen LogP contribution in [0.2, 0.25) is 0 Å². The van der Waals surface area contributed by atoms with Gasteiger partial charge in [-0.05, 0) is 41.2 Å². The average molecular weight is 330 g/mol. The molecule has 4 rings (SSSR count). The lowest BCUT2D eigenvalue weighted by atomic mass is 9.93. The Balaban J connectivity index is 1.85. The van der Waals surface area contributed by atoms with Crippen molar-refractivity contribution in [1.29, 1.82) is 0 Å². The first kappa shape index (κ1) is 15.2. The van der Waals surface area contributed by atoms with E-state index in [1.807, 2.05) is 31.2 Å². The van der Waals surface area contributed by atoms with Gasteiger partial charge in [-0.1, -0.05) is 42.0 Å². The van der Waals surface area contributed by atoms with E-state index in [9.17, 15) is 14.5 Å². The van der Waals surface area contributed by atoms with Gasteiger partial charge in [0.15, 0.2) is 0 Å². The number of hydrogen-bond acceptors (Lipinski definition) is 4. The van der Waals surface area contributed by atoms with Crippen molar-refractivity contribution in [3.05, 3.63) is 81.8 Å². The van der Waals surface area contributed by atoms with Gasteiger partial charge in [-0.15, -0.1) is 4.91 Å². The third-order valence-corrected chi connectivity index (χ3v) is 4.48. The van der Waals surface area contributed by atoms with E-state index >= 15 is 0 Å². The topological polar surface area (TPSA) is 66.8 Å². The van der Waals surface area contributed by atoms with Gasteiger partial charge in [0.25, 0.3) is 11.8 Å². The van der Waals surface area contributed by atoms with Gasteiger partial charge in [-0.3, -0.25) is 14.5 Å². The van der Waals surface area contributed by atoms with Crippen LogP contribution in [0.5, 0.6) is 0 Å². The number of rotatable bonds is 3. The average Bonchev–Trinajstić information content (AvgIpc) is 2.64. The molecule has 3 aromatic carbocycles. The molecule has 1 heterocycles. The molecule has 0 saturated carbocycles. The van der Waals surface area contributed by atoms with Gasteiger partial charge in [0.05, 0.1) is 12.1 Å². The minimum atomic E-state index is -0.403. The fourth-order valence-corrected chi connectivity index (χ4v) is 3.21. The Morgan fingerprint density at radius 1 is 0.920 bits per heavy atom. The van der Waals surface area contributed by atoms with Crippen molar-refractivity contribution in [2.24, 2.45) is 5.18 Å². The maximum absolute atomic E-state index is 12.9. The summed E-state index contributed by atoms with van der Waals surface area (Å²) in [6, 6.07) is 15.9. The second kappa shape index (κ2) is 5.63. The van der Waals surface area contributed by atoms with Gasteiger partial charge in [0.1, 0.15) is 5.69 Å². The summed E-state index contributed by atoms with van der Waals surface area (Å²) in [5.41, 5.74) is 2.97. The molecule has 5 nitrogen and oxygen atoms in total. The highest BCUT2D eigenvalue weighted by atomic mass is 16.3. The van der Waals surface area contributed by atoms with Crippen LogP contribution in [0.3, 0.4) is 0 Å². The third kappa shape index (κ3) is 2.41. The van der Waals surface area contributed by atoms with Crippen LogP contribution >= 0.6 is 0 Å². The second-order valence-corrected chi connectivity index (χ2v) is 6.17. The highest BCUT2D eigenvalue weighted by Crippen LogP contribution is 2.34. The first-order chi connectivity index (χ1) is 12.1. The van der Waals surface area contributed by atoms with E-state index in [4.69, 9.17) is 0 Å². The first-order valence-electron chi connectivity index (χ1n) is 7.90. The van der Waals surface area contributed by atoms with Gasteiger partial charge in [0, 0.05) is 10.9 Å². The summed E-state index contributed by atoms with van der Waals surface area (Å²) in [7, 11) is 0. The monoisotopic (exact) mass is 330 g/mol. The van der Waals surface area contributed by atoms with E-state index in [2.05, 4.69) is 5.18 Å². The van der Waals surface area contributed by atoms with Crippen LogP contribution in [0.4, 0.5) is 5.69 Å². The van der Waals surface area contributed by atoms with Crippen molar-refractivity contribution < 1.29 is 9.59 Å². The molecule has 122 valence electrons. The van der Waals surface area contributed by atoms with Crippen LogP contribution in [-0.2, 0) is 6.54 Å². The van der Waals surface area contributed by atoms with Crippen LogP contribution in [0.25, 0.3) is 10.8 Å². The van der Waals surface area contributed by atoms with Gasteiger partial charge in [0.2, 0.25) is 0 Å². The first-order valence-corrected chi connectivity index (χ1v) is 7.90. The summed E-state index contributed by atoms with van der Waals surface area (Å²) in [5, 5.41) is 4.21. The normalized spacial score (nSPS) is 13.4. The number of nitroso groups, excluding NO2 is 1. The maximum atomic E-state index is 12.9. The Labute approximate surface area is 143 Å². The summed E-state index contributed by atoms with van der Waals surface area (Å²) in [4.78, 5) is 37.9. The van der Waals surface area contributed by atoms with Crippen molar-refractivity contribution >= 4 is 28.3 Å². The van der Waals surface area contributed by atoms with Crippen molar-refractivity contribution in [2.75, 3.05) is 0 Å². The molecule has 2 amide bonds. The van der Waals surface area contributed by atoms with Crippen LogP contribution in [0.1, 0.15) is 31.8 Å². The molecule has 1 aliphatic rings. The van der Waals surface area contributed by atoms with Crippen LogP contribution in [0.15, 0.2) is 59.8 Å². The molecule has 0 aromatic heterocycles. The molecule has 25 heavy (non-hydrogen) atoms. The largest absolute Gasteiger partial charge is 0.270 e. The fraction of sp³-hybridized carbons (Fsp3) is 0.100. The zero-order valence-corrected chi connectivity index (χ0v) is 13.5. The Kier molecular flexibility index (Phi) is 3.42. The summed E-state index contributed by atoms with van der Waals surface area (Å²) in [5.74, 6) is -0.727. The van der Waals surface area contributed by atoms with Crippen molar-refractivity contribution in [2.45, 2.75) is 13.5 Å². The standard InChI is InChI=1S/C20H14N2O3/c1-12-5-7-13(8-6-12)11-22-19(23)16-4-2-3-14-9-15(21-25)10-17(18(14)16)20(22)24/h2-10H,11H2,1H3. The van der Waals surface area contributed by atoms with Crippen molar-refractivity contribution in [3.63, 3.8) is 0 Å². The van der Waals surface area contributed by atoms with Gasteiger partial charge in [-0.2, -0.15) is 0 Å². The summed E-state index contributed by atoms with van der Waals surface area (Å²) in [6.45, 7) is 2.17. The molecule has 5 heteroatoms. The number of imide groups is 1. The van der Waals surface area contributed by atoms with Crippen molar-refractivity contribution in [1.82, 2.24) is 4.90 Å².